The molecule has 1 amide bonds. The zero-order valence-corrected chi connectivity index (χ0v) is 14.3. The monoisotopic (exact) mass is 346 g/mol. The standard InChI is InChI=1S/C17H19ClN4O2/c1-17(2,8-23)20-16(24)14-12-6-9-5-11(9)15(12)22(21-14)10-3-4-19-13(18)7-10/h3-4,7,9,11,23H,5-6,8H2,1-2H3,(H,20,24)/t9-,11-/m1/s1. The Bertz CT molecular complexity index is 830. The lowest BCUT2D eigenvalue weighted by Crippen LogP contribution is -2.46. The van der Waals surface area contributed by atoms with Crippen LogP contribution in [0, 0.1) is 5.92 Å². The maximum Gasteiger partial charge on any atom is 0.272 e. The molecule has 2 aliphatic carbocycles. The second-order valence-electron chi connectivity index (χ2n) is 7.26. The zero-order valence-electron chi connectivity index (χ0n) is 13.6. The smallest absolute Gasteiger partial charge is 0.272 e. The van der Waals surface area contributed by atoms with Crippen LogP contribution in [0.25, 0.3) is 5.69 Å². The fourth-order valence-electron chi connectivity index (χ4n) is 3.43. The summed E-state index contributed by atoms with van der Waals surface area (Å²) in [6, 6.07) is 3.60. The molecule has 1 saturated carbocycles. The van der Waals surface area contributed by atoms with Gasteiger partial charge >= 0.3 is 0 Å². The highest BCUT2D eigenvalue weighted by molar-refractivity contribution is 6.29. The molecule has 7 heteroatoms. The van der Waals surface area contributed by atoms with Gasteiger partial charge in [0.2, 0.25) is 0 Å². The number of aromatic nitrogens is 3. The second kappa shape index (κ2) is 5.29. The topological polar surface area (TPSA) is 80.0 Å². The number of hydrogen-bond acceptors (Lipinski definition) is 4. The third kappa shape index (κ3) is 2.50. The number of carbonyl (C=O) groups is 1. The van der Waals surface area contributed by atoms with Crippen LogP contribution in [0.15, 0.2) is 18.3 Å². The van der Waals surface area contributed by atoms with E-state index in [4.69, 9.17) is 11.6 Å². The molecule has 2 aliphatic rings. The summed E-state index contributed by atoms with van der Waals surface area (Å²) < 4.78 is 1.83. The van der Waals surface area contributed by atoms with Gasteiger partial charge in [-0.15, -0.1) is 0 Å². The number of carbonyl (C=O) groups excluding carboxylic acids is 1. The molecule has 24 heavy (non-hydrogen) atoms. The van der Waals surface area contributed by atoms with E-state index in [2.05, 4.69) is 15.4 Å². The number of nitrogens with one attached hydrogen (secondary N) is 1. The van der Waals surface area contributed by atoms with Crippen molar-refractivity contribution in [1.29, 1.82) is 0 Å². The number of nitrogens with zero attached hydrogens (tertiary/aromatic N) is 3. The normalized spacial score (nSPS) is 21.3. The highest BCUT2D eigenvalue weighted by Crippen LogP contribution is 2.57. The molecule has 0 unspecified atom stereocenters. The largest absolute Gasteiger partial charge is 0.394 e. The van der Waals surface area contributed by atoms with E-state index in [-0.39, 0.29) is 12.5 Å². The first-order valence-electron chi connectivity index (χ1n) is 8.07. The van der Waals surface area contributed by atoms with Crippen molar-refractivity contribution in [3.8, 4) is 5.69 Å². The molecule has 0 spiro atoms. The molecule has 2 atom stereocenters. The van der Waals surface area contributed by atoms with Crippen LogP contribution in [-0.2, 0) is 6.42 Å². The van der Waals surface area contributed by atoms with Crippen molar-refractivity contribution in [2.45, 2.75) is 38.1 Å². The van der Waals surface area contributed by atoms with Crippen LogP contribution in [0.3, 0.4) is 0 Å². The maximum absolute atomic E-state index is 12.7. The average Bonchev–Trinajstić information content (AvgIpc) is 3.03. The summed E-state index contributed by atoms with van der Waals surface area (Å²) in [7, 11) is 0. The minimum atomic E-state index is -0.685. The van der Waals surface area contributed by atoms with Gasteiger partial charge in [-0.2, -0.15) is 5.10 Å². The molecule has 0 bridgehead atoms. The van der Waals surface area contributed by atoms with E-state index in [1.807, 2.05) is 10.7 Å². The lowest BCUT2D eigenvalue weighted by molar-refractivity contribution is 0.0863. The van der Waals surface area contributed by atoms with Gasteiger partial charge in [0, 0.05) is 23.7 Å². The SMILES string of the molecule is CC(C)(CO)NC(=O)c1nn(-c2ccnc(Cl)c2)c2c1C[C@H]1C[C@@H]21. The van der Waals surface area contributed by atoms with E-state index in [0.29, 0.717) is 22.7 Å². The molecule has 2 aromatic heterocycles. The van der Waals surface area contributed by atoms with Crippen molar-refractivity contribution >= 4 is 17.5 Å². The second-order valence-corrected chi connectivity index (χ2v) is 7.65. The maximum atomic E-state index is 12.7. The van der Waals surface area contributed by atoms with Gasteiger partial charge in [-0.3, -0.25) is 4.79 Å². The van der Waals surface area contributed by atoms with Crippen LogP contribution in [0.4, 0.5) is 0 Å². The van der Waals surface area contributed by atoms with Crippen LogP contribution >= 0.6 is 11.6 Å². The summed E-state index contributed by atoms with van der Waals surface area (Å²) in [4.78, 5) is 16.7. The van der Waals surface area contributed by atoms with E-state index in [9.17, 15) is 9.90 Å². The van der Waals surface area contributed by atoms with Crippen LogP contribution in [0.2, 0.25) is 5.15 Å². The van der Waals surface area contributed by atoms with Crippen molar-refractivity contribution in [1.82, 2.24) is 20.1 Å². The molecule has 6 nitrogen and oxygen atoms in total. The molecule has 0 aromatic carbocycles. The van der Waals surface area contributed by atoms with Crippen molar-refractivity contribution < 1.29 is 9.90 Å². The van der Waals surface area contributed by atoms with Gasteiger partial charge in [-0.25, -0.2) is 9.67 Å². The molecule has 2 N–H and O–H groups in total. The van der Waals surface area contributed by atoms with Gasteiger partial charge in [0.05, 0.1) is 23.5 Å². The summed E-state index contributed by atoms with van der Waals surface area (Å²) in [5.41, 5.74) is 2.73. The fraction of sp³-hybridized carbons (Fsp3) is 0.471. The molecule has 1 fully saturated rings. The first kappa shape index (κ1) is 15.6. The number of aliphatic hydroxyl groups is 1. The molecular formula is C17H19ClN4O2. The lowest BCUT2D eigenvalue weighted by Gasteiger charge is -2.23. The predicted molar refractivity (Wildman–Crippen MR) is 89.6 cm³/mol. The van der Waals surface area contributed by atoms with Gasteiger partial charge in [-0.05, 0) is 38.7 Å². The quantitative estimate of drug-likeness (QED) is 0.831. The number of amides is 1. The lowest BCUT2D eigenvalue weighted by atomic mass is 10.1. The van der Waals surface area contributed by atoms with Crippen LogP contribution in [-0.4, -0.2) is 37.9 Å². The average molecular weight is 347 g/mol. The van der Waals surface area contributed by atoms with E-state index in [1.165, 1.54) is 0 Å². The van der Waals surface area contributed by atoms with Crippen LogP contribution in [0.5, 0.6) is 0 Å². The molecule has 4 rings (SSSR count). The van der Waals surface area contributed by atoms with Crippen LogP contribution < -0.4 is 5.32 Å². The number of hydrogen-bond donors (Lipinski definition) is 2. The highest BCUT2D eigenvalue weighted by atomic mass is 35.5. The Kier molecular flexibility index (Phi) is 3.44. The number of halogens is 1. The summed E-state index contributed by atoms with van der Waals surface area (Å²) in [5.74, 6) is 0.858. The minimum absolute atomic E-state index is 0.132. The van der Waals surface area contributed by atoms with Crippen LogP contribution in [0.1, 0.15) is 47.9 Å². The van der Waals surface area contributed by atoms with Gasteiger partial charge in [0.1, 0.15) is 5.15 Å². The van der Waals surface area contributed by atoms with E-state index >= 15 is 0 Å². The molecule has 0 saturated heterocycles. The minimum Gasteiger partial charge on any atom is -0.394 e. The summed E-state index contributed by atoms with van der Waals surface area (Å²) in [5, 5.41) is 17.2. The van der Waals surface area contributed by atoms with E-state index < -0.39 is 5.54 Å². The number of pyridine rings is 1. The molecule has 126 valence electrons. The van der Waals surface area contributed by atoms with E-state index in [1.54, 1.807) is 26.1 Å². The summed E-state index contributed by atoms with van der Waals surface area (Å²) in [6.07, 6.45) is 3.68. The molecule has 0 aliphatic heterocycles. The number of fused-ring (bicyclic) bond motifs is 3. The van der Waals surface area contributed by atoms with Crippen molar-refractivity contribution in [2.24, 2.45) is 5.92 Å². The third-order valence-corrected chi connectivity index (χ3v) is 4.99. The first-order valence-corrected chi connectivity index (χ1v) is 8.44. The van der Waals surface area contributed by atoms with E-state index in [0.717, 1.165) is 29.8 Å². The van der Waals surface area contributed by atoms with Crippen molar-refractivity contribution in [3.05, 3.63) is 40.4 Å². The Morgan fingerprint density at radius 1 is 1.54 bits per heavy atom. The Hall–Kier alpha value is -1.92. The van der Waals surface area contributed by atoms with Crippen molar-refractivity contribution in [2.75, 3.05) is 6.61 Å². The molecule has 0 radical (unpaired) electrons. The predicted octanol–water partition coefficient (Wildman–Crippen LogP) is 2.08. The molecular weight excluding hydrogens is 328 g/mol. The summed E-state index contributed by atoms with van der Waals surface area (Å²) >= 11 is 6.01. The Morgan fingerprint density at radius 2 is 2.33 bits per heavy atom. The summed E-state index contributed by atoms with van der Waals surface area (Å²) in [6.45, 7) is 3.43. The number of aliphatic hydroxyl groups excluding tert-OH is 1. The van der Waals surface area contributed by atoms with Crippen molar-refractivity contribution in [3.63, 3.8) is 0 Å². The Labute approximate surface area is 144 Å². The zero-order chi connectivity index (χ0) is 17.1. The Morgan fingerprint density at radius 3 is 3.04 bits per heavy atom. The number of rotatable bonds is 4. The van der Waals surface area contributed by atoms with Gasteiger partial charge in [0.15, 0.2) is 5.69 Å². The molecule has 2 heterocycles. The van der Waals surface area contributed by atoms with Gasteiger partial charge in [0.25, 0.3) is 5.91 Å². The first-order chi connectivity index (χ1) is 11.4. The molecule has 2 aromatic rings. The third-order valence-electron chi connectivity index (χ3n) is 4.78. The fourth-order valence-corrected chi connectivity index (χ4v) is 3.59. The highest BCUT2D eigenvalue weighted by Gasteiger charge is 2.50. The van der Waals surface area contributed by atoms with Gasteiger partial charge in [-0.1, -0.05) is 11.6 Å². The Balaban J connectivity index is 1.76. The van der Waals surface area contributed by atoms with Gasteiger partial charge < -0.3 is 10.4 Å².